The number of aryl methyl sites for hydroxylation is 1. The van der Waals surface area contributed by atoms with Crippen LogP contribution in [-0.2, 0) is 32.6 Å². The molecule has 2 aliphatic carbocycles. The van der Waals surface area contributed by atoms with Crippen LogP contribution in [-0.4, -0.2) is 114 Å². The second-order valence-electron chi connectivity index (χ2n) is 15.6. The van der Waals surface area contributed by atoms with Gasteiger partial charge in [0.1, 0.15) is 36.8 Å². The summed E-state index contributed by atoms with van der Waals surface area (Å²) in [5.74, 6) is -6.73. The zero-order valence-corrected chi connectivity index (χ0v) is 30.9. The van der Waals surface area contributed by atoms with Crippen LogP contribution in [0.25, 0.3) is 6.08 Å². The lowest BCUT2D eigenvalue weighted by molar-refractivity contribution is -0.422. The van der Waals surface area contributed by atoms with E-state index in [1.54, 1.807) is 18.3 Å². The molecule has 15 nitrogen and oxygen atoms in total. The number of hydrogen-bond donors (Lipinski definition) is 8. The van der Waals surface area contributed by atoms with Crippen molar-refractivity contribution in [2.75, 3.05) is 18.2 Å². The summed E-state index contributed by atoms with van der Waals surface area (Å²) in [6.45, 7) is -0.562. The lowest BCUT2D eigenvalue weighted by Crippen LogP contribution is -2.67. The Kier molecular flexibility index (Phi) is 10.2. The first-order valence-corrected chi connectivity index (χ1v) is 19.1. The molecule has 0 bridgehead atoms. The number of benzene rings is 3. The van der Waals surface area contributed by atoms with Gasteiger partial charge in [-0.25, -0.2) is 4.79 Å². The Bertz CT molecular complexity index is 2170. The number of carboxylic acids is 1. The van der Waals surface area contributed by atoms with Crippen LogP contribution in [0.2, 0.25) is 0 Å². The number of carboxylic acid groups (broad SMARTS) is 1. The number of amides is 1. The molecular weight excluding hydrogens is 738 g/mol. The standard InChI is InChI=1S/C42H45N3O12/c46-20-34-37(50)38(51)39(52)42(55,57-34)56-33-17-30-27(16-32(33)48)28(18-41-13-3-5-25(41)10-9-23-4-1-2-6-29(23)41)36(40(53)54)45(30)35(49)12-8-22-7-11-31(47)24(14-22)15-26-19-43-21-44-26/h1-2,4,6-8,11-12,14,16-17,19,25,28,34,36-39,46-48,50-52,55H,3,5,9-10,13,15,18,20-21H2,(H,53,54)/b12-8+/t25-,28+,34+,36+,37+,38-,39+,41+,42-/m0/s1. The van der Waals surface area contributed by atoms with E-state index in [0.29, 0.717) is 41.9 Å². The highest BCUT2D eigenvalue weighted by molar-refractivity contribution is 6.32. The number of aliphatic carboxylic acids is 1. The molecule has 300 valence electrons. The molecule has 2 fully saturated rings. The number of anilines is 1. The number of carbonyl (C=O) groups is 2. The Balaban J connectivity index is 1.20. The van der Waals surface area contributed by atoms with Crippen molar-refractivity contribution in [1.82, 2.24) is 0 Å². The van der Waals surface area contributed by atoms with Crippen LogP contribution in [0.4, 0.5) is 5.69 Å². The number of aliphatic imine (C=N–C) groups is 2. The smallest absolute Gasteiger partial charge is 0.355 e. The van der Waals surface area contributed by atoms with E-state index < -0.39 is 77.7 Å². The molecule has 0 spiro atoms. The first-order valence-electron chi connectivity index (χ1n) is 19.1. The van der Waals surface area contributed by atoms with E-state index in [0.717, 1.165) is 37.0 Å². The Morgan fingerprint density at radius 1 is 1.02 bits per heavy atom. The molecule has 3 aliphatic heterocycles. The molecule has 15 heteroatoms. The predicted octanol–water partition coefficient (Wildman–Crippen LogP) is 2.29. The summed E-state index contributed by atoms with van der Waals surface area (Å²) < 4.78 is 10.9. The van der Waals surface area contributed by atoms with Gasteiger partial charge < -0.3 is 50.3 Å². The average molecular weight is 784 g/mol. The van der Waals surface area contributed by atoms with Crippen molar-refractivity contribution in [3.8, 4) is 17.2 Å². The van der Waals surface area contributed by atoms with E-state index in [2.05, 4.69) is 22.1 Å². The van der Waals surface area contributed by atoms with Gasteiger partial charge in [-0.2, -0.15) is 0 Å². The zero-order chi connectivity index (χ0) is 40.2. The summed E-state index contributed by atoms with van der Waals surface area (Å²) in [5, 5.41) is 85.3. The minimum absolute atomic E-state index is 0.0333. The SMILES string of the molecule is O=C(O)[C@H]1[C@H](C[C@]23CCC[C@H]2CCc2ccccc23)c2cc(O)c(O[C@]3(O)O[C@H](CO)[C@@H](O)[C@H](O)[C@H]3O)cc2N1C(=O)/C=C/c1ccc(O)c(CC2=NCN=C2)c1. The molecule has 5 aliphatic rings. The second-order valence-corrected chi connectivity index (χ2v) is 15.6. The van der Waals surface area contributed by atoms with Crippen molar-refractivity contribution in [3.63, 3.8) is 0 Å². The largest absolute Gasteiger partial charge is 0.508 e. The van der Waals surface area contributed by atoms with Crippen molar-refractivity contribution in [2.45, 2.75) is 92.7 Å². The highest BCUT2D eigenvalue weighted by Crippen LogP contribution is 2.59. The van der Waals surface area contributed by atoms with Gasteiger partial charge in [0.15, 0.2) is 17.6 Å². The van der Waals surface area contributed by atoms with E-state index in [4.69, 9.17) is 9.47 Å². The minimum Gasteiger partial charge on any atom is -0.508 e. The van der Waals surface area contributed by atoms with Crippen LogP contribution in [0.15, 0.2) is 70.7 Å². The van der Waals surface area contributed by atoms with Crippen LogP contribution in [0.5, 0.6) is 17.2 Å². The second kappa shape index (κ2) is 15.0. The third kappa shape index (κ3) is 6.77. The summed E-state index contributed by atoms with van der Waals surface area (Å²) in [6, 6.07) is 14.0. The van der Waals surface area contributed by atoms with Gasteiger partial charge in [0.05, 0.1) is 18.0 Å². The number of aliphatic hydroxyl groups is 5. The Morgan fingerprint density at radius 2 is 1.82 bits per heavy atom. The van der Waals surface area contributed by atoms with E-state index in [-0.39, 0.29) is 17.4 Å². The molecule has 0 unspecified atom stereocenters. The monoisotopic (exact) mass is 783 g/mol. The van der Waals surface area contributed by atoms with Crippen LogP contribution in [0.3, 0.4) is 0 Å². The summed E-state index contributed by atoms with van der Waals surface area (Å²) in [5.41, 5.74) is 4.16. The van der Waals surface area contributed by atoms with Gasteiger partial charge in [-0.1, -0.05) is 36.8 Å². The van der Waals surface area contributed by atoms with Gasteiger partial charge in [-0.3, -0.25) is 19.7 Å². The number of aliphatic hydroxyl groups excluding tert-OH is 4. The highest BCUT2D eigenvalue weighted by atomic mass is 16.8. The quantitative estimate of drug-likeness (QED) is 0.109. The fourth-order valence-corrected chi connectivity index (χ4v) is 9.75. The normalized spacial score (nSPS) is 31.6. The number of fused-ring (bicyclic) bond motifs is 4. The molecule has 0 radical (unpaired) electrons. The van der Waals surface area contributed by atoms with Crippen LogP contribution >= 0.6 is 0 Å². The summed E-state index contributed by atoms with van der Waals surface area (Å²) in [6.07, 6.45) is 1.90. The van der Waals surface area contributed by atoms with Crippen LogP contribution in [0, 0.1) is 5.92 Å². The fraction of sp³-hybridized carbons (Fsp3) is 0.429. The molecule has 3 heterocycles. The molecule has 1 amide bonds. The molecule has 8 N–H and O–H groups in total. The van der Waals surface area contributed by atoms with Gasteiger partial charge in [0, 0.05) is 36.3 Å². The van der Waals surface area contributed by atoms with Gasteiger partial charge >= 0.3 is 11.9 Å². The molecule has 3 aromatic carbocycles. The van der Waals surface area contributed by atoms with Crippen LogP contribution < -0.4 is 9.64 Å². The van der Waals surface area contributed by atoms with E-state index in [1.807, 2.05) is 12.1 Å². The van der Waals surface area contributed by atoms with Crippen molar-refractivity contribution < 1.29 is 59.9 Å². The number of phenolic OH excluding ortho intramolecular Hbond substituents is 2. The molecule has 3 aromatic rings. The Hall–Kier alpha value is -5.16. The third-order valence-corrected chi connectivity index (χ3v) is 12.4. The molecule has 57 heavy (non-hydrogen) atoms. The third-order valence-electron chi connectivity index (χ3n) is 12.4. The number of nitrogens with zero attached hydrogens (tertiary/aromatic N) is 3. The van der Waals surface area contributed by atoms with E-state index >= 15 is 0 Å². The average Bonchev–Trinajstić information content (AvgIpc) is 3.94. The molecular formula is C42H45N3O12. The molecule has 1 saturated heterocycles. The number of aromatic hydroxyl groups is 2. The van der Waals surface area contributed by atoms with Crippen molar-refractivity contribution >= 4 is 35.6 Å². The molecule has 8 rings (SSSR count). The first kappa shape index (κ1) is 38.7. The van der Waals surface area contributed by atoms with Crippen molar-refractivity contribution in [2.24, 2.45) is 15.9 Å². The highest BCUT2D eigenvalue weighted by Gasteiger charge is 2.57. The maximum atomic E-state index is 14.4. The predicted molar refractivity (Wildman–Crippen MR) is 205 cm³/mol. The van der Waals surface area contributed by atoms with Crippen molar-refractivity contribution in [3.05, 3.63) is 88.5 Å². The number of carbonyl (C=O) groups excluding carboxylic acids is 1. The molecule has 0 aromatic heterocycles. The number of ether oxygens (including phenoxy) is 2. The van der Waals surface area contributed by atoms with E-state index in [9.17, 15) is 50.4 Å². The minimum atomic E-state index is -3.09. The van der Waals surface area contributed by atoms with Crippen molar-refractivity contribution in [1.29, 1.82) is 0 Å². The van der Waals surface area contributed by atoms with Gasteiger partial charge in [-0.05, 0) is 90.0 Å². The van der Waals surface area contributed by atoms with Gasteiger partial charge in [0.25, 0.3) is 5.91 Å². The van der Waals surface area contributed by atoms with Gasteiger partial charge in [0.2, 0.25) is 0 Å². The fourth-order valence-electron chi connectivity index (χ4n) is 9.75. The topological polar surface area (TPSA) is 242 Å². The number of phenols is 2. The maximum Gasteiger partial charge on any atom is 0.355 e. The Labute approximate surface area is 327 Å². The lowest BCUT2D eigenvalue weighted by atomic mass is 9.60. The maximum absolute atomic E-state index is 14.4. The molecule has 9 atom stereocenters. The number of rotatable bonds is 10. The van der Waals surface area contributed by atoms with E-state index in [1.165, 1.54) is 41.5 Å². The first-order chi connectivity index (χ1) is 27.3. The summed E-state index contributed by atoms with van der Waals surface area (Å²) >= 11 is 0. The lowest BCUT2D eigenvalue weighted by Gasteiger charge is -2.44. The summed E-state index contributed by atoms with van der Waals surface area (Å²) in [4.78, 5) is 37.4. The number of hydrogen-bond acceptors (Lipinski definition) is 13. The zero-order valence-electron chi connectivity index (χ0n) is 30.9. The van der Waals surface area contributed by atoms with Gasteiger partial charge in [-0.15, -0.1) is 0 Å². The van der Waals surface area contributed by atoms with Crippen LogP contribution in [0.1, 0.15) is 65.8 Å². The molecule has 1 saturated carbocycles. The Morgan fingerprint density at radius 3 is 2.58 bits per heavy atom. The summed E-state index contributed by atoms with van der Waals surface area (Å²) in [7, 11) is 0.